The lowest BCUT2D eigenvalue weighted by Crippen LogP contribution is -2.60. The monoisotopic (exact) mass is 481 g/mol. The van der Waals surface area contributed by atoms with Crippen LogP contribution in [0.3, 0.4) is 0 Å². The fraction of sp³-hybridized carbons (Fsp3) is 0.379. The maximum Gasteiger partial charge on any atom is 0.0773 e. The van der Waals surface area contributed by atoms with E-state index in [-0.39, 0.29) is 30.5 Å². The van der Waals surface area contributed by atoms with Gasteiger partial charge >= 0.3 is 0 Å². The predicted molar refractivity (Wildman–Crippen MR) is 140 cm³/mol. The zero-order chi connectivity index (χ0) is 22.1. The summed E-state index contributed by atoms with van der Waals surface area (Å²) >= 11 is 6.79. The number of fused-ring (bicyclic) bond motifs is 3. The second kappa shape index (κ2) is 10.6. The Balaban J connectivity index is 0.00000259. The number of halogens is 2. The van der Waals surface area contributed by atoms with E-state index in [0.717, 1.165) is 18.1 Å². The lowest BCUT2D eigenvalue weighted by molar-refractivity contribution is -0.120. The van der Waals surface area contributed by atoms with Crippen LogP contribution < -0.4 is 0 Å². The Labute approximate surface area is 209 Å². The van der Waals surface area contributed by atoms with Crippen molar-refractivity contribution in [3.05, 3.63) is 106 Å². The summed E-state index contributed by atoms with van der Waals surface area (Å²) < 4.78 is 6.80. The van der Waals surface area contributed by atoms with Crippen LogP contribution in [0, 0.1) is 19.8 Å². The predicted octanol–water partition coefficient (Wildman–Crippen LogP) is 7.19. The van der Waals surface area contributed by atoms with Gasteiger partial charge in [-0.05, 0) is 68.5 Å². The number of hydrogen-bond donors (Lipinski definition) is 0. The molecular formula is C29H33Cl2NO. The van der Waals surface area contributed by atoms with E-state index >= 15 is 0 Å². The number of nitrogens with zero attached hydrogens (tertiary/aromatic N) is 1. The second-order valence-corrected chi connectivity index (χ2v) is 9.95. The topological polar surface area (TPSA) is 12.5 Å². The molecule has 2 nitrogen and oxygen atoms in total. The summed E-state index contributed by atoms with van der Waals surface area (Å²) in [6.07, 6.45) is 2.63. The molecule has 2 bridgehead atoms. The number of hydrogen-bond acceptors (Lipinski definition) is 2. The van der Waals surface area contributed by atoms with E-state index in [0.29, 0.717) is 12.5 Å². The van der Waals surface area contributed by atoms with Gasteiger partial charge in [0.15, 0.2) is 0 Å². The summed E-state index contributed by atoms with van der Waals surface area (Å²) in [5.41, 5.74) is 6.39. The molecule has 3 atom stereocenters. The highest BCUT2D eigenvalue weighted by Crippen LogP contribution is 2.45. The Hall–Kier alpha value is -1.84. The largest absolute Gasteiger partial charge is 0.372 e. The minimum Gasteiger partial charge on any atom is -0.372 e. The van der Waals surface area contributed by atoms with E-state index < -0.39 is 0 Å². The van der Waals surface area contributed by atoms with Crippen LogP contribution in [-0.4, -0.2) is 30.1 Å². The summed E-state index contributed by atoms with van der Waals surface area (Å²) in [5.74, 6) is 0.793. The molecule has 3 aliphatic rings. The van der Waals surface area contributed by atoms with Crippen LogP contribution in [0.4, 0.5) is 0 Å². The summed E-state index contributed by atoms with van der Waals surface area (Å²) in [7, 11) is 0. The molecule has 6 rings (SSSR count). The number of piperidine rings is 3. The summed E-state index contributed by atoms with van der Waals surface area (Å²) in [6, 6.07) is 26.2. The van der Waals surface area contributed by atoms with Crippen molar-refractivity contribution in [2.75, 3.05) is 13.1 Å². The average Bonchev–Trinajstić information content (AvgIpc) is 2.80. The highest BCUT2D eigenvalue weighted by Gasteiger charge is 2.47. The Morgan fingerprint density at radius 1 is 0.909 bits per heavy atom. The van der Waals surface area contributed by atoms with Gasteiger partial charge in [0.25, 0.3) is 0 Å². The van der Waals surface area contributed by atoms with E-state index in [9.17, 15) is 0 Å². The SMILES string of the molecule is Cc1cc(C)cc(COC2C3CCN(CC3)C2C(c2ccccc2)c2ccccc2Cl)c1.Cl. The van der Waals surface area contributed by atoms with Crippen molar-refractivity contribution < 1.29 is 4.74 Å². The molecule has 3 fully saturated rings. The molecule has 3 aromatic carbocycles. The fourth-order valence-corrected chi connectivity index (χ4v) is 6.21. The molecule has 3 saturated heterocycles. The molecule has 0 amide bonds. The quantitative estimate of drug-likeness (QED) is 0.369. The molecule has 0 aliphatic carbocycles. The molecule has 3 aliphatic heterocycles. The summed E-state index contributed by atoms with van der Waals surface area (Å²) in [6.45, 7) is 7.28. The first kappa shape index (κ1) is 24.3. The van der Waals surface area contributed by atoms with E-state index in [1.807, 2.05) is 12.1 Å². The average molecular weight is 482 g/mol. The van der Waals surface area contributed by atoms with Gasteiger partial charge in [-0.25, -0.2) is 0 Å². The number of ether oxygens (including phenoxy) is 1. The van der Waals surface area contributed by atoms with Gasteiger partial charge in [-0.3, -0.25) is 4.90 Å². The molecular weight excluding hydrogens is 449 g/mol. The molecule has 33 heavy (non-hydrogen) atoms. The Morgan fingerprint density at radius 3 is 2.21 bits per heavy atom. The van der Waals surface area contributed by atoms with Gasteiger partial charge in [-0.15, -0.1) is 12.4 Å². The van der Waals surface area contributed by atoms with E-state index in [1.54, 1.807) is 0 Å². The first-order valence-corrected chi connectivity index (χ1v) is 12.2. The standard InChI is InChI=1S/C29H32ClNO.ClH/c1-20-16-21(2)18-22(17-20)19-32-29-24-12-14-31(15-13-24)28(29)27(23-8-4-3-5-9-23)25-10-6-7-11-26(25)30;/h3-11,16-18,24,27-29H,12-15,19H2,1-2H3;1H. The van der Waals surface area contributed by atoms with Crippen molar-refractivity contribution in [3.8, 4) is 0 Å². The van der Waals surface area contributed by atoms with Crippen molar-refractivity contribution >= 4 is 24.0 Å². The Kier molecular flexibility index (Phi) is 7.81. The van der Waals surface area contributed by atoms with Crippen LogP contribution in [-0.2, 0) is 11.3 Å². The van der Waals surface area contributed by atoms with Crippen LogP contribution in [0.15, 0.2) is 72.8 Å². The van der Waals surface area contributed by atoms with Gasteiger partial charge in [0, 0.05) is 17.0 Å². The van der Waals surface area contributed by atoms with Gasteiger partial charge in [0.05, 0.1) is 12.7 Å². The van der Waals surface area contributed by atoms with E-state index in [1.165, 1.54) is 40.7 Å². The normalized spacial score (nSPS) is 24.8. The van der Waals surface area contributed by atoms with Crippen LogP contribution >= 0.6 is 24.0 Å². The molecule has 0 saturated carbocycles. The number of rotatable bonds is 6. The van der Waals surface area contributed by atoms with Crippen LogP contribution in [0.5, 0.6) is 0 Å². The first-order chi connectivity index (χ1) is 15.6. The smallest absolute Gasteiger partial charge is 0.0773 e. The third-order valence-electron chi connectivity index (χ3n) is 7.26. The second-order valence-electron chi connectivity index (χ2n) is 9.55. The lowest BCUT2D eigenvalue weighted by Gasteiger charge is -2.53. The van der Waals surface area contributed by atoms with Gasteiger partial charge in [-0.1, -0.05) is 89.5 Å². The first-order valence-electron chi connectivity index (χ1n) is 11.8. The maximum absolute atomic E-state index is 6.80. The molecule has 0 radical (unpaired) electrons. The van der Waals surface area contributed by atoms with Crippen LogP contribution in [0.25, 0.3) is 0 Å². The molecule has 0 spiro atoms. The third-order valence-corrected chi connectivity index (χ3v) is 7.61. The number of aryl methyl sites for hydroxylation is 2. The molecule has 0 aromatic heterocycles. The van der Waals surface area contributed by atoms with Crippen molar-refractivity contribution in [3.63, 3.8) is 0 Å². The lowest BCUT2D eigenvalue weighted by atomic mass is 9.72. The molecule has 4 heteroatoms. The van der Waals surface area contributed by atoms with Gasteiger partial charge in [0.1, 0.15) is 0 Å². The Bertz CT molecular complexity index is 1040. The highest BCUT2D eigenvalue weighted by molar-refractivity contribution is 6.31. The zero-order valence-corrected chi connectivity index (χ0v) is 21.0. The van der Waals surface area contributed by atoms with Crippen molar-refractivity contribution in [2.24, 2.45) is 5.92 Å². The molecule has 174 valence electrons. The summed E-state index contributed by atoms with van der Waals surface area (Å²) in [5, 5.41) is 0.844. The minimum atomic E-state index is 0. The molecule has 0 N–H and O–H groups in total. The zero-order valence-electron chi connectivity index (χ0n) is 19.4. The van der Waals surface area contributed by atoms with Gasteiger partial charge < -0.3 is 4.74 Å². The van der Waals surface area contributed by atoms with E-state index in [2.05, 4.69) is 79.4 Å². The molecule has 3 aromatic rings. The fourth-order valence-electron chi connectivity index (χ4n) is 5.96. The summed E-state index contributed by atoms with van der Waals surface area (Å²) in [4.78, 5) is 2.66. The third kappa shape index (κ3) is 5.15. The van der Waals surface area contributed by atoms with Crippen LogP contribution in [0.2, 0.25) is 5.02 Å². The van der Waals surface area contributed by atoms with E-state index in [4.69, 9.17) is 16.3 Å². The van der Waals surface area contributed by atoms with Crippen molar-refractivity contribution in [1.29, 1.82) is 0 Å². The van der Waals surface area contributed by atoms with Gasteiger partial charge in [0.2, 0.25) is 0 Å². The number of benzene rings is 3. The maximum atomic E-state index is 6.80. The van der Waals surface area contributed by atoms with Gasteiger partial charge in [-0.2, -0.15) is 0 Å². The Morgan fingerprint density at radius 2 is 1.55 bits per heavy atom. The van der Waals surface area contributed by atoms with Crippen LogP contribution in [0.1, 0.15) is 46.6 Å². The van der Waals surface area contributed by atoms with Crippen molar-refractivity contribution in [2.45, 2.75) is 51.4 Å². The minimum absolute atomic E-state index is 0. The molecule has 3 heterocycles. The highest BCUT2D eigenvalue weighted by atomic mass is 35.5. The molecule has 3 unspecified atom stereocenters. The van der Waals surface area contributed by atoms with Crippen molar-refractivity contribution in [1.82, 2.24) is 4.90 Å².